The molecule has 0 saturated carbocycles. The fraction of sp³-hybridized carbons (Fsp3) is 0.286. The molecule has 5 rings (SSSR count). The minimum absolute atomic E-state index is 0.0116. The molecular formula is C28H29N3O5S. The van der Waals surface area contributed by atoms with Crippen molar-refractivity contribution in [1.82, 2.24) is 14.9 Å². The Morgan fingerprint density at radius 1 is 1.03 bits per heavy atom. The van der Waals surface area contributed by atoms with Gasteiger partial charge in [0.1, 0.15) is 6.23 Å². The first-order valence-electron chi connectivity index (χ1n) is 12.3. The molecule has 0 bridgehead atoms. The van der Waals surface area contributed by atoms with Crippen molar-refractivity contribution in [2.75, 3.05) is 19.6 Å². The van der Waals surface area contributed by atoms with Crippen molar-refractivity contribution in [3.63, 3.8) is 0 Å². The average molecular weight is 520 g/mol. The van der Waals surface area contributed by atoms with Crippen LogP contribution in [0, 0.1) is 5.92 Å². The standard InChI is InChI=1S/C28H29N3O5S/c1-2-26(32)30-27-16-23-17-31(18-25(23)36-27)37(34,35)24-11-9-21(10-12-24)28(33)29-14-13-19-7-8-20-5-3-4-6-22(20)15-19/h2-12,15,23,25,27H,1,13-14,16-18H2,(H,29,33)(H,30,32). The minimum Gasteiger partial charge on any atom is -0.354 e. The van der Waals surface area contributed by atoms with Gasteiger partial charge in [0.15, 0.2) is 0 Å². The zero-order valence-electron chi connectivity index (χ0n) is 20.3. The van der Waals surface area contributed by atoms with Crippen LogP contribution in [-0.2, 0) is 26.0 Å². The number of rotatable bonds is 8. The fourth-order valence-corrected chi connectivity index (χ4v) is 6.49. The van der Waals surface area contributed by atoms with E-state index in [0.717, 1.165) is 10.9 Å². The highest BCUT2D eigenvalue weighted by Crippen LogP contribution is 2.35. The van der Waals surface area contributed by atoms with Gasteiger partial charge in [0.05, 0.1) is 11.0 Å². The average Bonchev–Trinajstić information content (AvgIpc) is 3.48. The molecule has 2 amide bonds. The van der Waals surface area contributed by atoms with E-state index in [1.54, 1.807) is 0 Å². The lowest BCUT2D eigenvalue weighted by Crippen LogP contribution is -2.37. The van der Waals surface area contributed by atoms with Crippen LogP contribution in [0.15, 0.2) is 84.3 Å². The number of hydrogen-bond acceptors (Lipinski definition) is 5. The number of ether oxygens (including phenoxy) is 1. The molecule has 9 heteroatoms. The number of nitrogens with one attached hydrogen (secondary N) is 2. The molecule has 0 aliphatic carbocycles. The molecule has 3 aromatic rings. The summed E-state index contributed by atoms with van der Waals surface area (Å²) >= 11 is 0. The maximum absolute atomic E-state index is 13.2. The van der Waals surface area contributed by atoms with Gasteiger partial charge in [0.25, 0.3) is 5.91 Å². The van der Waals surface area contributed by atoms with Gasteiger partial charge < -0.3 is 15.4 Å². The summed E-state index contributed by atoms with van der Waals surface area (Å²) in [6.45, 7) is 4.45. The van der Waals surface area contributed by atoms with E-state index in [9.17, 15) is 18.0 Å². The Balaban J connectivity index is 1.14. The topological polar surface area (TPSA) is 105 Å². The third-order valence-corrected chi connectivity index (χ3v) is 8.81. The van der Waals surface area contributed by atoms with Gasteiger partial charge >= 0.3 is 0 Å². The second kappa shape index (κ2) is 10.5. The molecule has 3 unspecified atom stereocenters. The van der Waals surface area contributed by atoms with Gasteiger partial charge in [0, 0.05) is 31.1 Å². The van der Waals surface area contributed by atoms with E-state index >= 15 is 0 Å². The van der Waals surface area contributed by atoms with Gasteiger partial charge in [-0.2, -0.15) is 4.31 Å². The maximum atomic E-state index is 13.2. The Kier molecular flexibility index (Phi) is 7.10. The molecule has 2 aliphatic heterocycles. The summed E-state index contributed by atoms with van der Waals surface area (Å²) in [7, 11) is -3.72. The molecule has 0 radical (unpaired) electrons. The van der Waals surface area contributed by atoms with Crippen molar-refractivity contribution >= 4 is 32.6 Å². The second-order valence-corrected chi connectivity index (χ2v) is 11.3. The predicted molar refractivity (Wildman–Crippen MR) is 140 cm³/mol. The molecule has 37 heavy (non-hydrogen) atoms. The highest BCUT2D eigenvalue weighted by molar-refractivity contribution is 7.89. The summed E-state index contributed by atoms with van der Waals surface area (Å²) in [5, 5.41) is 7.95. The van der Waals surface area contributed by atoms with Gasteiger partial charge in [0.2, 0.25) is 15.9 Å². The second-order valence-electron chi connectivity index (χ2n) is 9.41. The minimum atomic E-state index is -3.72. The highest BCUT2D eigenvalue weighted by atomic mass is 32.2. The summed E-state index contributed by atoms with van der Waals surface area (Å²) in [5.74, 6) is -0.550. The van der Waals surface area contributed by atoms with E-state index in [1.807, 2.05) is 12.1 Å². The van der Waals surface area contributed by atoms with E-state index in [-0.39, 0.29) is 35.3 Å². The number of benzene rings is 3. The molecule has 2 aliphatic rings. The van der Waals surface area contributed by atoms with Crippen LogP contribution in [0.4, 0.5) is 0 Å². The summed E-state index contributed by atoms with van der Waals surface area (Å²) in [4.78, 5) is 24.2. The monoisotopic (exact) mass is 519 g/mol. The van der Waals surface area contributed by atoms with Crippen molar-refractivity contribution in [3.8, 4) is 0 Å². The number of fused-ring (bicyclic) bond motifs is 2. The lowest BCUT2D eigenvalue weighted by Gasteiger charge is -2.19. The maximum Gasteiger partial charge on any atom is 0.251 e. The Labute approximate surface area is 216 Å². The zero-order chi connectivity index (χ0) is 26.0. The Morgan fingerprint density at radius 3 is 2.51 bits per heavy atom. The van der Waals surface area contributed by atoms with Crippen LogP contribution < -0.4 is 10.6 Å². The number of nitrogens with zero attached hydrogens (tertiary/aromatic N) is 1. The van der Waals surface area contributed by atoms with Gasteiger partial charge in [-0.25, -0.2) is 8.42 Å². The third kappa shape index (κ3) is 5.44. The van der Waals surface area contributed by atoms with Gasteiger partial charge in [-0.3, -0.25) is 9.59 Å². The molecule has 2 saturated heterocycles. The van der Waals surface area contributed by atoms with Crippen molar-refractivity contribution in [3.05, 3.63) is 90.5 Å². The van der Waals surface area contributed by atoms with Gasteiger partial charge in [-0.05, 0) is 59.5 Å². The lowest BCUT2D eigenvalue weighted by molar-refractivity contribution is -0.120. The van der Waals surface area contributed by atoms with E-state index in [0.29, 0.717) is 31.5 Å². The number of carbonyl (C=O) groups excluding carboxylic acids is 2. The summed E-state index contributed by atoms with van der Waals surface area (Å²) in [5.41, 5.74) is 1.54. The first kappa shape index (κ1) is 25.1. The molecule has 3 atom stereocenters. The Bertz CT molecular complexity index is 1420. The third-order valence-electron chi connectivity index (χ3n) is 6.96. The normalized spacial score (nSPS) is 21.5. The predicted octanol–water partition coefficient (Wildman–Crippen LogP) is 2.85. The molecule has 2 fully saturated rings. The quantitative estimate of drug-likeness (QED) is 0.446. The van der Waals surface area contributed by atoms with Gasteiger partial charge in [-0.1, -0.05) is 49.0 Å². The largest absolute Gasteiger partial charge is 0.354 e. The van der Waals surface area contributed by atoms with Crippen LogP contribution in [0.1, 0.15) is 22.3 Å². The van der Waals surface area contributed by atoms with Crippen LogP contribution >= 0.6 is 0 Å². The van der Waals surface area contributed by atoms with E-state index in [4.69, 9.17) is 4.74 Å². The highest BCUT2D eigenvalue weighted by Gasteiger charge is 2.46. The van der Waals surface area contributed by atoms with Crippen LogP contribution in [0.5, 0.6) is 0 Å². The van der Waals surface area contributed by atoms with E-state index < -0.39 is 16.3 Å². The summed E-state index contributed by atoms with van der Waals surface area (Å²) in [6.07, 6.45) is 1.74. The number of amides is 2. The molecule has 2 N–H and O–H groups in total. The Morgan fingerprint density at radius 2 is 1.78 bits per heavy atom. The first-order chi connectivity index (χ1) is 17.8. The van der Waals surface area contributed by atoms with Crippen LogP contribution in [0.3, 0.4) is 0 Å². The van der Waals surface area contributed by atoms with Crippen molar-refractivity contribution < 1.29 is 22.7 Å². The lowest BCUT2D eigenvalue weighted by atomic mass is 10.1. The van der Waals surface area contributed by atoms with Crippen molar-refractivity contribution in [1.29, 1.82) is 0 Å². The number of carbonyl (C=O) groups is 2. The van der Waals surface area contributed by atoms with Crippen molar-refractivity contribution in [2.24, 2.45) is 5.92 Å². The fourth-order valence-electron chi connectivity index (χ4n) is 4.98. The molecule has 0 spiro atoms. The van der Waals surface area contributed by atoms with Gasteiger partial charge in [-0.15, -0.1) is 0 Å². The van der Waals surface area contributed by atoms with Crippen LogP contribution in [0.25, 0.3) is 10.8 Å². The van der Waals surface area contributed by atoms with E-state index in [1.165, 1.54) is 40.0 Å². The molecular weight excluding hydrogens is 490 g/mol. The molecule has 8 nitrogen and oxygen atoms in total. The van der Waals surface area contributed by atoms with Crippen LogP contribution in [0.2, 0.25) is 0 Å². The number of hydrogen-bond donors (Lipinski definition) is 2. The van der Waals surface area contributed by atoms with Crippen LogP contribution in [-0.4, -0.2) is 56.5 Å². The molecule has 0 aromatic heterocycles. The SMILES string of the molecule is C=CC(=O)NC1CC2CN(S(=O)(=O)c3ccc(C(=O)NCCc4ccc5ccccc5c4)cc3)CC2O1. The van der Waals surface area contributed by atoms with Crippen molar-refractivity contribution in [2.45, 2.75) is 30.1 Å². The molecule has 192 valence electrons. The molecule has 3 aromatic carbocycles. The molecule has 2 heterocycles. The zero-order valence-corrected chi connectivity index (χ0v) is 21.1. The summed E-state index contributed by atoms with van der Waals surface area (Å²) < 4.78 is 33.6. The number of sulfonamides is 1. The first-order valence-corrected chi connectivity index (χ1v) is 13.7. The van der Waals surface area contributed by atoms with E-state index in [2.05, 4.69) is 47.5 Å². The Hall–Kier alpha value is -3.53. The smallest absolute Gasteiger partial charge is 0.251 e. The summed E-state index contributed by atoms with van der Waals surface area (Å²) in [6, 6.07) is 20.4.